The van der Waals surface area contributed by atoms with Crippen molar-refractivity contribution in [3.8, 4) is 0 Å². The summed E-state index contributed by atoms with van der Waals surface area (Å²) in [5.74, 6) is 0.322. The number of esters is 1. The smallest absolute Gasteiger partial charge is 0.373 e. The maximum Gasteiger partial charge on any atom is 0.373 e. The van der Waals surface area contributed by atoms with Crippen LogP contribution in [0.3, 0.4) is 0 Å². The lowest BCUT2D eigenvalue weighted by Gasteiger charge is -2.05. The van der Waals surface area contributed by atoms with E-state index >= 15 is 0 Å². The van der Waals surface area contributed by atoms with E-state index in [1.165, 1.54) is 12.7 Å². The number of carbonyl (C=O) groups excluding carboxylic acids is 1. The molecule has 0 fully saturated rings. The van der Waals surface area contributed by atoms with E-state index in [2.05, 4.69) is 22.2 Å². The molecule has 5 heteroatoms. The Morgan fingerprint density at radius 3 is 2.76 bits per heavy atom. The first-order chi connectivity index (χ1) is 10.3. The summed E-state index contributed by atoms with van der Waals surface area (Å²) in [4.78, 5) is 11.2. The third kappa shape index (κ3) is 5.06. The van der Waals surface area contributed by atoms with E-state index < -0.39 is 5.97 Å². The van der Waals surface area contributed by atoms with Gasteiger partial charge in [-0.1, -0.05) is 30.3 Å². The van der Waals surface area contributed by atoms with Gasteiger partial charge in [-0.15, -0.1) is 0 Å². The maximum atomic E-state index is 11.2. The van der Waals surface area contributed by atoms with Crippen LogP contribution >= 0.6 is 0 Å². The van der Waals surface area contributed by atoms with Crippen molar-refractivity contribution in [2.45, 2.75) is 13.2 Å². The zero-order valence-corrected chi connectivity index (χ0v) is 12.0. The van der Waals surface area contributed by atoms with Crippen molar-refractivity contribution in [3.63, 3.8) is 0 Å². The van der Waals surface area contributed by atoms with Gasteiger partial charge in [0.25, 0.3) is 0 Å². The molecule has 2 rings (SSSR count). The summed E-state index contributed by atoms with van der Waals surface area (Å²) in [6, 6.07) is 13.5. The number of hydrogen-bond donors (Lipinski definition) is 1. The lowest BCUT2D eigenvalue weighted by atomic mass is 10.2. The fourth-order valence-corrected chi connectivity index (χ4v) is 1.81. The molecular formula is C16H19NO4. The summed E-state index contributed by atoms with van der Waals surface area (Å²) < 4.78 is 15.3. The fourth-order valence-electron chi connectivity index (χ4n) is 1.81. The zero-order chi connectivity index (χ0) is 14.9. The van der Waals surface area contributed by atoms with Gasteiger partial charge in [-0.3, -0.25) is 0 Å². The van der Waals surface area contributed by atoms with Crippen LogP contribution < -0.4 is 5.32 Å². The van der Waals surface area contributed by atoms with Gasteiger partial charge >= 0.3 is 5.97 Å². The van der Waals surface area contributed by atoms with Gasteiger partial charge in [-0.2, -0.15) is 0 Å². The van der Waals surface area contributed by atoms with Crippen LogP contribution in [0.5, 0.6) is 0 Å². The van der Waals surface area contributed by atoms with Crippen molar-refractivity contribution >= 4 is 5.97 Å². The van der Waals surface area contributed by atoms with Crippen molar-refractivity contribution in [2.75, 3.05) is 20.3 Å². The molecule has 0 amide bonds. The molecule has 1 N–H and O–H groups in total. The molecule has 0 radical (unpaired) electrons. The Labute approximate surface area is 123 Å². The molecule has 5 nitrogen and oxygen atoms in total. The van der Waals surface area contributed by atoms with Crippen molar-refractivity contribution in [3.05, 3.63) is 59.5 Å². The second-order valence-corrected chi connectivity index (χ2v) is 4.47. The number of carbonyl (C=O) groups is 1. The lowest BCUT2D eigenvalue weighted by molar-refractivity contribution is 0.0553. The molecule has 0 aliphatic carbocycles. The van der Waals surface area contributed by atoms with Gasteiger partial charge < -0.3 is 19.2 Å². The van der Waals surface area contributed by atoms with Crippen molar-refractivity contribution in [2.24, 2.45) is 0 Å². The summed E-state index contributed by atoms with van der Waals surface area (Å²) in [6.07, 6.45) is 0. The van der Waals surface area contributed by atoms with Crippen molar-refractivity contribution < 1.29 is 18.7 Å². The van der Waals surface area contributed by atoms with E-state index in [0.29, 0.717) is 19.0 Å². The van der Waals surface area contributed by atoms with E-state index in [4.69, 9.17) is 9.15 Å². The molecule has 2 aromatic rings. The Kier molecular flexibility index (Phi) is 5.99. The van der Waals surface area contributed by atoms with E-state index in [-0.39, 0.29) is 5.76 Å². The van der Waals surface area contributed by atoms with Crippen molar-refractivity contribution in [1.82, 2.24) is 5.32 Å². The Morgan fingerprint density at radius 2 is 2.00 bits per heavy atom. The van der Waals surface area contributed by atoms with Crippen LogP contribution in [0.2, 0.25) is 0 Å². The van der Waals surface area contributed by atoms with Crippen LogP contribution in [0.1, 0.15) is 21.9 Å². The Balaban J connectivity index is 1.59. The Bertz CT molecular complexity index is 550. The highest BCUT2D eigenvalue weighted by molar-refractivity contribution is 5.86. The molecule has 0 spiro atoms. The molecule has 112 valence electrons. The number of nitrogens with one attached hydrogen (secondary N) is 1. The van der Waals surface area contributed by atoms with Crippen molar-refractivity contribution in [1.29, 1.82) is 0 Å². The third-order valence-electron chi connectivity index (χ3n) is 2.89. The van der Waals surface area contributed by atoms with Crippen LogP contribution in [0, 0.1) is 0 Å². The van der Waals surface area contributed by atoms with Crippen LogP contribution in [-0.2, 0) is 22.6 Å². The van der Waals surface area contributed by atoms with Gasteiger partial charge in [0.05, 0.1) is 13.7 Å². The number of benzene rings is 1. The first-order valence-corrected chi connectivity index (χ1v) is 6.79. The third-order valence-corrected chi connectivity index (χ3v) is 2.89. The first kappa shape index (κ1) is 15.3. The molecule has 1 aromatic carbocycles. The van der Waals surface area contributed by atoms with Gasteiger partial charge in [0.2, 0.25) is 5.76 Å². The number of methoxy groups -OCH3 is 1. The fraction of sp³-hybridized carbons (Fsp3) is 0.312. The van der Waals surface area contributed by atoms with E-state index in [1.54, 1.807) is 12.1 Å². The average molecular weight is 289 g/mol. The molecule has 1 heterocycles. The molecule has 0 atom stereocenters. The highest BCUT2D eigenvalue weighted by Crippen LogP contribution is 2.09. The summed E-state index contributed by atoms with van der Waals surface area (Å²) in [5, 5.41) is 3.29. The van der Waals surface area contributed by atoms with Crippen LogP contribution in [-0.4, -0.2) is 26.2 Å². The summed E-state index contributed by atoms with van der Waals surface area (Å²) >= 11 is 0. The molecule has 21 heavy (non-hydrogen) atoms. The standard InChI is InChI=1S/C16H19NO4/c1-19-16(18)15-8-7-14(21-15)12-20-10-9-17-11-13-5-3-2-4-6-13/h2-8,17H,9-12H2,1H3. The molecular weight excluding hydrogens is 270 g/mol. The monoisotopic (exact) mass is 289 g/mol. The molecule has 0 saturated heterocycles. The molecule has 0 bridgehead atoms. The second kappa shape index (κ2) is 8.24. The predicted octanol–water partition coefficient (Wildman–Crippen LogP) is 2.37. The molecule has 0 aliphatic heterocycles. The molecule has 1 aromatic heterocycles. The number of furan rings is 1. The lowest BCUT2D eigenvalue weighted by Crippen LogP contribution is -2.19. The van der Waals surface area contributed by atoms with E-state index in [0.717, 1.165) is 13.1 Å². The number of ether oxygens (including phenoxy) is 2. The van der Waals surface area contributed by atoms with Gasteiger partial charge in [0.1, 0.15) is 12.4 Å². The quantitative estimate of drug-likeness (QED) is 0.597. The Hall–Kier alpha value is -2.11. The predicted molar refractivity (Wildman–Crippen MR) is 77.9 cm³/mol. The minimum atomic E-state index is -0.481. The van der Waals surface area contributed by atoms with E-state index in [1.807, 2.05) is 18.2 Å². The number of hydrogen-bond acceptors (Lipinski definition) is 5. The average Bonchev–Trinajstić information content (AvgIpc) is 3.00. The van der Waals surface area contributed by atoms with Crippen LogP contribution in [0.15, 0.2) is 46.9 Å². The second-order valence-electron chi connectivity index (χ2n) is 4.47. The summed E-state index contributed by atoms with van der Waals surface area (Å²) in [5.41, 5.74) is 1.24. The van der Waals surface area contributed by atoms with Gasteiger partial charge in [-0.25, -0.2) is 4.79 Å². The van der Waals surface area contributed by atoms with Gasteiger partial charge in [0, 0.05) is 13.1 Å². The molecule has 0 saturated carbocycles. The molecule has 0 aliphatic rings. The first-order valence-electron chi connectivity index (χ1n) is 6.79. The van der Waals surface area contributed by atoms with Gasteiger partial charge in [-0.05, 0) is 17.7 Å². The topological polar surface area (TPSA) is 60.7 Å². The van der Waals surface area contributed by atoms with E-state index in [9.17, 15) is 4.79 Å². The van der Waals surface area contributed by atoms with Crippen LogP contribution in [0.4, 0.5) is 0 Å². The largest absolute Gasteiger partial charge is 0.463 e. The number of rotatable bonds is 8. The SMILES string of the molecule is COC(=O)c1ccc(COCCNCc2ccccc2)o1. The van der Waals surface area contributed by atoms with Gasteiger partial charge in [0.15, 0.2) is 0 Å². The summed E-state index contributed by atoms with van der Waals surface area (Å²) in [6.45, 7) is 2.47. The summed E-state index contributed by atoms with van der Waals surface area (Å²) in [7, 11) is 1.32. The highest BCUT2D eigenvalue weighted by Gasteiger charge is 2.10. The normalized spacial score (nSPS) is 10.5. The van der Waals surface area contributed by atoms with Crippen LogP contribution in [0.25, 0.3) is 0 Å². The highest BCUT2D eigenvalue weighted by atomic mass is 16.5. The Morgan fingerprint density at radius 1 is 1.19 bits per heavy atom. The maximum absolute atomic E-state index is 11.2. The minimum absolute atomic E-state index is 0.193. The molecule has 0 unspecified atom stereocenters. The minimum Gasteiger partial charge on any atom is -0.463 e. The zero-order valence-electron chi connectivity index (χ0n) is 12.0.